The molecule has 2 rings (SSSR count). The SMILES string of the molecule is NCCc1cn(-c2cc(Cl)c(Cl)cc2Cl)nn1. The third-order valence-electron chi connectivity index (χ3n) is 2.18. The summed E-state index contributed by atoms with van der Waals surface area (Å²) in [6.45, 7) is 0.522. The van der Waals surface area contributed by atoms with Crippen molar-refractivity contribution in [3.05, 3.63) is 39.1 Å². The van der Waals surface area contributed by atoms with Crippen LogP contribution >= 0.6 is 34.8 Å². The van der Waals surface area contributed by atoms with E-state index in [2.05, 4.69) is 10.3 Å². The van der Waals surface area contributed by atoms with Crippen LogP contribution in [0.2, 0.25) is 15.1 Å². The Balaban J connectivity index is 2.41. The van der Waals surface area contributed by atoms with E-state index >= 15 is 0 Å². The summed E-state index contributed by atoms with van der Waals surface area (Å²) in [5.74, 6) is 0. The average Bonchev–Trinajstić information content (AvgIpc) is 2.72. The normalized spacial score (nSPS) is 10.8. The number of hydrogen-bond donors (Lipinski definition) is 1. The lowest BCUT2D eigenvalue weighted by Gasteiger charge is -2.05. The molecule has 0 saturated heterocycles. The van der Waals surface area contributed by atoms with Crippen LogP contribution in [-0.4, -0.2) is 21.5 Å². The van der Waals surface area contributed by atoms with Crippen LogP contribution in [0.5, 0.6) is 0 Å². The summed E-state index contributed by atoms with van der Waals surface area (Å²) in [6, 6.07) is 3.22. The Kier molecular flexibility index (Phi) is 3.89. The molecule has 4 nitrogen and oxygen atoms in total. The Morgan fingerprint density at radius 2 is 1.82 bits per heavy atom. The van der Waals surface area contributed by atoms with E-state index < -0.39 is 0 Å². The van der Waals surface area contributed by atoms with Crippen molar-refractivity contribution in [2.45, 2.75) is 6.42 Å². The van der Waals surface area contributed by atoms with Crippen LogP contribution < -0.4 is 5.73 Å². The van der Waals surface area contributed by atoms with Gasteiger partial charge in [0.05, 0.1) is 32.6 Å². The van der Waals surface area contributed by atoms with Gasteiger partial charge in [-0.15, -0.1) is 5.10 Å². The molecule has 1 aromatic heterocycles. The molecule has 2 aromatic rings. The van der Waals surface area contributed by atoms with E-state index in [1.165, 1.54) is 0 Å². The van der Waals surface area contributed by atoms with E-state index in [0.29, 0.717) is 33.7 Å². The fourth-order valence-corrected chi connectivity index (χ4v) is 1.99. The molecule has 90 valence electrons. The largest absolute Gasteiger partial charge is 0.330 e. The number of nitrogens with two attached hydrogens (primary N) is 1. The monoisotopic (exact) mass is 290 g/mol. The van der Waals surface area contributed by atoms with Gasteiger partial charge in [-0.2, -0.15) is 0 Å². The van der Waals surface area contributed by atoms with Crippen molar-refractivity contribution in [1.82, 2.24) is 15.0 Å². The first-order valence-electron chi connectivity index (χ1n) is 4.88. The number of rotatable bonds is 3. The summed E-state index contributed by atoms with van der Waals surface area (Å²) >= 11 is 17.8. The molecule has 0 aliphatic rings. The Morgan fingerprint density at radius 1 is 1.12 bits per heavy atom. The lowest BCUT2D eigenvalue weighted by molar-refractivity contribution is 0.795. The highest BCUT2D eigenvalue weighted by atomic mass is 35.5. The molecule has 0 spiro atoms. The molecule has 7 heteroatoms. The van der Waals surface area contributed by atoms with Gasteiger partial charge < -0.3 is 5.73 Å². The summed E-state index contributed by atoms with van der Waals surface area (Å²) in [5, 5.41) is 9.22. The summed E-state index contributed by atoms with van der Waals surface area (Å²) < 4.78 is 1.55. The van der Waals surface area contributed by atoms with Crippen molar-refractivity contribution in [3.63, 3.8) is 0 Å². The average molecular weight is 292 g/mol. The number of nitrogens with zero attached hydrogens (tertiary/aromatic N) is 3. The van der Waals surface area contributed by atoms with Gasteiger partial charge in [0.1, 0.15) is 0 Å². The molecule has 0 unspecified atom stereocenters. The van der Waals surface area contributed by atoms with Gasteiger partial charge in [-0.05, 0) is 18.7 Å². The maximum atomic E-state index is 6.07. The molecule has 0 amide bonds. The Labute approximate surface area is 113 Å². The van der Waals surface area contributed by atoms with E-state index in [4.69, 9.17) is 40.5 Å². The van der Waals surface area contributed by atoms with E-state index in [1.807, 2.05) is 0 Å². The first-order chi connectivity index (χ1) is 8.11. The molecular formula is C10H9Cl3N4. The number of aromatic nitrogens is 3. The zero-order valence-electron chi connectivity index (χ0n) is 8.70. The van der Waals surface area contributed by atoms with Crippen molar-refractivity contribution in [1.29, 1.82) is 0 Å². The predicted molar refractivity (Wildman–Crippen MR) is 69.1 cm³/mol. The fourth-order valence-electron chi connectivity index (χ4n) is 1.37. The van der Waals surface area contributed by atoms with Gasteiger partial charge in [-0.3, -0.25) is 0 Å². The maximum Gasteiger partial charge on any atom is 0.0865 e. The minimum absolute atomic E-state index is 0.405. The Bertz CT molecular complexity index is 538. The summed E-state index contributed by atoms with van der Waals surface area (Å²) in [6.07, 6.45) is 2.43. The molecule has 0 saturated carbocycles. The summed E-state index contributed by atoms with van der Waals surface area (Å²) in [4.78, 5) is 0. The van der Waals surface area contributed by atoms with Gasteiger partial charge in [0.25, 0.3) is 0 Å². The zero-order chi connectivity index (χ0) is 12.4. The zero-order valence-corrected chi connectivity index (χ0v) is 11.0. The van der Waals surface area contributed by atoms with Crippen molar-refractivity contribution in [3.8, 4) is 5.69 Å². The Morgan fingerprint density at radius 3 is 2.53 bits per heavy atom. The quantitative estimate of drug-likeness (QED) is 0.885. The molecule has 1 aromatic carbocycles. The van der Waals surface area contributed by atoms with Crippen LogP contribution in [0, 0.1) is 0 Å². The summed E-state index contributed by atoms with van der Waals surface area (Å²) in [7, 11) is 0. The molecule has 0 atom stereocenters. The minimum Gasteiger partial charge on any atom is -0.330 e. The minimum atomic E-state index is 0.405. The first-order valence-corrected chi connectivity index (χ1v) is 6.01. The van der Waals surface area contributed by atoms with Crippen molar-refractivity contribution >= 4 is 34.8 Å². The maximum absolute atomic E-state index is 6.07. The highest BCUT2D eigenvalue weighted by Crippen LogP contribution is 2.30. The highest BCUT2D eigenvalue weighted by Gasteiger charge is 2.09. The lowest BCUT2D eigenvalue weighted by atomic mass is 10.3. The molecule has 2 N–H and O–H groups in total. The standard InChI is InChI=1S/C10H9Cl3N4/c11-7-3-9(13)10(4-8(7)12)17-5-6(1-2-14)15-16-17/h3-5H,1-2,14H2. The first kappa shape index (κ1) is 12.6. The molecule has 0 aliphatic heterocycles. The molecule has 0 aliphatic carbocycles. The van der Waals surface area contributed by atoms with Crippen LogP contribution in [0.4, 0.5) is 0 Å². The van der Waals surface area contributed by atoms with Crippen molar-refractivity contribution in [2.75, 3.05) is 6.54 Å². The third kappa shape index (κ3) is 2.72. The second-order valence-corrected chi connectivity index (χ2v) is 4.63. The van der Waals surface area contributed by atoms with E-state index in [0.717, 1.165) is 5.69 Å². The Hall–Kier alpha value is -0.810. The third-order valence-corrected chi connectivity index (χ3v) is 3.20. The molecular weight excluding hydrogens is 282 g/mol. The highest BCUT2D eigenvalue weighted by molar-refractivity contribution is 6.43. The van der Waals surface area contributed by atoms with Gasteiger partial charge in [-0.25, -0.2) is 4.68 Å². The van der Waals surface area contributed by atoms with E-state index in [1.54, 1.807) is 23.0 Å². The topological polar surface area (TPSA) is 56.7 Å². The smallest absolute Gasteiger partial charge is 0.0865 e. The molecule has 0 radical (unpaired) electrons. The predicted octanol–water partition coefficient (Wildman–Crippen LogP) is 2.73. The van der Waals surface area contributed by atoms with Crippen LogP contribution in [0.1, 0.15) is 5.69 Å². The van der Waals surface area contributed by atoms with Crippen LogP contribution in [0.25, 0.3) is 5.69 Å². The van der Waals surface area contributed by atoms with Gasteiger partial charge in [0.15, 0.2) is 0 Å². The number of halogens is 3. The van der Waals surface area contributed by atoms with Gasteiger partial charge >= 0.3 is 0 Å². The van der Waals surface area contributed by atoms with Gasteiger partial charge in [0, 0.05) is 6.42 Å². The molecule has 0 bridgehead atoms. The molecule has 17 heavy (non-hydrogen) atoms. The fraction of sp³-hybridized carbons (Fsp3) is 0.200. The van der Waals surface area contributed by atoms with Gasteiger partial charge in [0.2, 0.25) is 0 Å². The second-order valence-electron chi connectivity index (χ2n) is 3.41. The summed E-state index contributed by atoms with van der Waals surface area (Å²) in [5.41, 5.74) is 6.88. The van der Waals surface area contributed by atoms with Crippen LogP contribution in [-0.2, 0) is 6.42 Å². The van der Waals surface area contributed by atoms with Crippen molar-refractivity contribution < 1.29 is 0 Å². The van der Waals surface area contributed by atoms with Crippen LogP contribution in [0.3, 0.4) is 0 Å². The number of benzene rings is 1. The van der Waals surface area contributed by atoms with Crippen molar-refractivity contribution in [2.24, 2.45) is 5.73 Å². The van der Waals surface area contributed by atoms with Gasteiger partial charge in [-0.1, -0.05) is 40.0 Å². The lowest BCUT2D eigenvalue weighted by Crippen LogP contribution is -2.02. The molecule has 1 heterocycles. The van der Waals surface area contributed by atoms with E-state index in [-0.39, 0.29) is 0 Å². The second kappa shape index (κ2) is 5.23. The molecule has 0 fully saturated rings. The van der Waals surface area contributed by atoms with E-state index in [9.17, 15) is 0 Å². The number of hydrogen-bond acceptors (Lipinski definition) is 3. The van der Waals surface area contributed by atoms with Crippen LogP contribution in [0.15, 0.2) is 18.3 Å².